The van der Waals surface area contributed by atoms with Crippen molar-refractivity contribution in [1.29, 1.82) is 0 Å². The number of hydrogen-bond acceptors (Lipinski definition) is 2. The first-order valence-corrected chi connectivity index (χ1v) is 5.62. The van der Waals surface area contributed by atoms with Gasteiger partial charge in [-0.3, -0.25) is 10.1 Å². The molecule has 19 heavy (non-hydrogen) atoms. The van der Waals surface area contributed by atoms with Crippen LogP contribution in [0.3, 0.4) is 0 Å². The summed E-state index contributed by atoms with van der Waals surface area (Å²) in [4.78, 5) is 12.1. The van der Waals surface area contributed by atoms with Crippen molar-refractivity contribution in [3.8, 4) is 0 Å². The summed E-state index contributed by atoms with van der Waals surface area (Å²) in [7, 11) is 0. The van der Waals surface area contributed by atoms with Gasteiger partial charge in [0, 0.05) is 22.0 Å². The maximum Gasteiger partial charge on any atom is 0.402 e. The largest absolute Gasteiger partial charge is 0.402 e. The maximum atomic E-state index is 12.9. The van der Waals surface area contributed by atoms with Gasteiger partial charge in [-0.05, 0) is 17.7 Å². The number of aromatic amines is 1. The van der Waals surface area contributed by atoms with E-state index in [0.29, 0.717) is 5.52 Å². The van der Waals surface area contributed by atoms with Gasteiger partial charge in [-0.15, -0.1) is 0 Å². The molecule has 0 spiro atoms. The van der Waals surface area contributed by atoms with Crippen LogP contribution in [-0.2, 0) is 0 Å². The highest BCUT2D eigenvalue weighted by Gasteiger charge is 2.45. The highest BCUT2D eigenvalue weighted by molar-refractivity contribution is 6.35. The molecule has 0 aliphatic rings. The summed E-state index contributed by atoms with van der Waals surface area (Å²) in [6.07, 6.45) is -3.58. The number of nitrogens with one attached hydrogen (secondary N) is 1. The van der Waals surface area contributed by atoms with Crippen LogP contribution >= 0.6 is 11.6 Å². The molecular weight excluding hydrogens is 285 g/mol. The predicted molar refractivity (Wildman–Crippen MR) is 64.0 cm³/mol. The summed E-state index contributed by atoms with van der Waals surface area (Å²) >= 11 is 5.88. The maximum absolute atomic E-state index is 12.9. The predicted octanol–water partition coefficient (Wildman–Crippen LogP) is 3.74. The number of benzene rings is 1. The van der Waals surface area contributed by atoms with Gasteiger partial charge in [0.15, 0.2) is 0 Å². The Bertz CT molecular complexity index is 624. The molecule has 1 N–H and O–H groups in total. The Morgan fingerprint density at radius 1 is 1.42 bits per heavy atom. The summed E-state index contributed by atoms with van der Waals surface area (Å²) in [6.45, 7) is -1.22. The normalized spacial score (nSPS) is 13.7. The van der Waals surface area contributed by atoms with Crippen molar-refractivity contribution >= 4 is 22.5 Å². The molecule has 1 aromatic carbocycles. The number of aromatic nitrogens is 1. The summed E-state index contributed by atoms with van der Waals surface area (Å²) < 4.78 is 38.8. The Hall–Kier alpha value is -1.76. The van der Waals surface area contributed by atoms with Crippen molar-refractivity contribution in [2.45, 2.75) is 12.1 Å². The van der Waals surface area contributed by atoms with Crippen LogP contribution in [0.4, 0.5) is 13.2 Å². The van der Waals surface area contributed by atoms with Crippen LogP contribution in [0.1, 0.15) is 11.5 Å². The molecule has 0 saturated heterocycles. The van der Waals surface area contributed by atoms with Gasteiger partial charge >= 0.3 is 6.18 Å². The molecule has 8 heteroatoms. The van der Waals surface area contributed by atoms with Crippen LogP contribution in [0.15, 0.2) is 24.4 Å². The number of nitrogens with zero attached hydrogens (tertiary/aromatic N) is 1. The number of H-pyrrole nitrogens is 1. The number of rotatable bonds is 3. The molecule has 2 aromatic rings. The van der Waals surface area contributed by atoms with Gasteiger partial charge in [-0.1, -0.05) is 17.7 Å². The van der Waals surface area contributed by atoms with Gasteiger partial charge < -0.3 is 4.98 Å². The average molecular weight is 293 g/mol. The van der Waals surface area contributed by atoms with E-state index in [0.717, 1.165) is 6.20 Å². The second-order valence-corrected chi connectivity index (χ2v) is 4.42. The topological polar surface area (TPSA) is 58.9 Å². The molecule has 0 bridgehead atoms. The molecule has 0 fully saturated rings. The lowest BCUT2D eigenvalue weighted by molar-refractivity contribution is -0.490. The van der Waals surface area contributed by atoms with E-state index in [2.05, 4.69) is 4.98 Å². The number of hydrogen-bond donors (Lipinski definition) is 1. The number of alkyl halides is 3. The van der Waals surface area contributed by atoms with Crippen LogP contribution in [0.25, 0.3) is 10.9 Å². The van der Waals surface area contributed by atoms with E-state index in [1.165, 1.54) is 6.07 Å². The van der Waals surface area contributed by atoms with Crippen molar-refractivity contribution in [3.05, 3.63) is 45.1 Å². The molecule has 0 radical (unpaired) electrons. The van der Waals surface area contributed by atoms with E-state index in [-0.39, 0.29) is 16.0 Å². The number of fused-ring (bicyclic) bond motifs is 1. The summed E-state index contributed by atoms with van der Waals surface area (Å²) in [5.41, 5.74) is 0.213. The molecule has 1 aromatic heterocycles. The molecule has 0 aliphatic heterocycles. The van der Waals surface area contributed by atoms with E-state index >= 15 is 0 Å². The lowest BCUT2D eigenvalue weighted by atomic mass is 9.98. The summed E-state index contributed by atoms with van der Waals surface area (Å²) in [6, 6.07) is 4.59. The van der Waals surface area contributed by atoms with Crippen LogP contribution in [0, 0.1) is 10.1 Å². The summed E-state index contributed by atoms with van der Waals surface area (Å²) in [5, 5.41) is 10.7. The van der Waals surface area contributed by atoms with Crippen LogP contribution in [0.5, 0.6) is 0 Å². The highest BCUT2D eigenvalue weighted by atomic mass is 35.5. The van der Waals surface area contributed by atoms with Crippen LogP contribution < -0.4 is 0 Å². The van der Waals surface area contributed by atoms with Crippen LogP contribution in [-0.4, -0.2) is 22.6 Å². The lowest BCUT2D eigenvalue weighted by Gasteiger charge is -2.16. The monoisotopic (exact) mass is 292 g/mol. The Morgan fingerprint density at radius 3 is 2.68 bits per heavy atom. The standard InChI is InChI=1S/C11H8ClF3N2O2/c12-8-2-1-3-9-10(8)6(4-16-9)7(5-17(18)19)11(13,14)15/h1-4,7,16H,5H2. The Kier molecular flexibility index (Phi) is 3.40. The van der Waals surface area contributed by atoms with E-state index in [1.54, 1.807) is 12.1 Å². The minimum atomic E-state index is -4.71. The molecule has 1 atom stereocenters. The van der Waals surface area contributed by atoms with Gasteiger partial charge in [-0.2, -0.15) is 13.2 Å². The van der Waals surface area contributed by atoms with Gasteiger partial charge in [0.25, 0.3) is 0 Å². The van der Waals surface area contributed by atoms with E-state index in [4.69, 9.17) is 11.6 Å². The first-order chi connectivity index (χ1) is 8.80. The lowest BCUT2D eigenvalue weighted by Crippen LogP contribution is -2.27. The zero-order valence-corrected chi connectivity index (χ0v) is 10.1. The number of nitro groups is 1. The minimum Gasteiger partial charge on any atom is -0.361 e. The smallest absolute Gasteiger partial charge is 0.361 e. The van der Waals surface area contributed by atoms with Crippen LogP contribution in [0.2, 0.25) is 5.02 Å². The average Bonchev–Trinajstić information content (AvgIpc) is 2.69. The fourth-order valence-corrected chi connectivity index (χ4v) is 2.25. The minimum absolute atomic E-state index is 0.131. The quantitative estimate of drug-likeness (QED) is 0.692. The molecule has 1 unspecified atom stereocenters. The Labute approximate surface area is 110 Å². The van der Waals surface area contributed by atoms with Gasteiger partial charge in [0.2, 0.25) is 6.54 Å². The van der Waals surface area contributed by atoms with E-state index in [9.17, 15) is 23.3 Å². The third-order valence-corrected chi connectivity index (χ3v) is 3.10. The van der Waals surface area contributed by atoms with Gasteiger partial charge in [0.1, 0.15) is 5.92 Å². The molecule has 2 rings (SSSR count). The molecule has 102 valence electrons. The summed E-state index contributed by atoms with van der Waals surface area (Å²) in [5.74, 6) is -2.18. The van der Waals surface area contributed by atoms with Crippen molar-refractivity contribution in [3.63, 3.8) is 0 Å². The van der Waals surface area contributed by atoms with E-state index < -0.39 is 23.6 Å². The number of halogens is 4. The first-order valence-electron chi connectivity index (χ1n) is 5.24. The third-order valence-electron chi connectivity index (χ3n) is 2.79. The van der Waals surface area contributed by atoms with Crippen molar-refractivity contribution < 1.29 is 18.1 Å². The third kappa shape index (κ3) is 2.65. The Morgan fingerprint density at radius 2 is 2.11 bits per heavy atom. The van der Waals surface area contributed by atoms with Gasteiger partial charge in [-0.25, -0.2) is 0 Å². The molecule has 0 amide bonds. The second-order valence-electron chi connectivity index (χ2n) is 4.02. The molecule has 0 aliphatic carbocycles. The molecule has 4 nitrogen and oxygen atoms in total. The zero-order chi connectivity index (χ0) is 14.2. The fraction of sp³-hybridized carbons (Fsp3) is 0.273. The van der Waals surface area contributed by atoms with Crippen molar-refractivity contribution in [1.82, 2.24) is 4.98 Å². The van der Waals surface area contributed by atoms with Crippen molar-refractivity contribution in [2.24, 2.45) is 0 Å². The molecular formula is C11H8ClF3N2O2. The SMILES string of the molecule is O=[N+]([O-])CC(c1c[nH]c2cccc(Cl)c12)C(F)(F)F. The first kappa shape index (κ1) is 13.7. The second kappa shape index (κ2) is 4.73. The van der Waals surface area contributed by atoms with E-state index in [1.807, 2.05) is 0 Å². The molecule has 0 saturated carbocycles. The Balaban J connectivity index is 2.59. The highest BCUT2D eigenvalue weighted by Crippen LogP contribution is 2.40. The fourth-order valence-electron chi connectivity index (χ4n) is 1.97. The van der Waals surface area contributed by atoms with Gasteiger partial charge in [0.05, 0.1) is 5.02 Å². The van der Waals surface area contributed by atoms with Crippen molar-refractivity contribution in [2.75, 3.05) is 6.54 Å². The molecule has 1 heterocycles. The zero-order valence-electron chi connectivity index (χ0n) is 9.37.